The van der Waals surface area contributed by atoms with Crippen molar-refractivity contribution < 1.29 is 18.3 Å². The van der Waals surface area contributed by atoms with Crippen molar-refractivity contribution in [1.82, 2.24) is 9.97 Å². The summed E-state index contributed by atoms with van der Waals surface area (Å²) in [6, 6.07) is 11.8. The van der Waals surface area contributed by atoms with E-state index in [4.69, 9.17) is 4.74 Å². The van der Waals surface area contributed by atoms with E-state index in [9.17, 15) is 13.6 Å². The molecule has 0 spiro atoms. The minimum atomic E-state index is -0.596. The van der Waals surface area contributed by atoms with Crippen molar-refractivity contribution in [3.63, 3.8) is 0 Å². The van der Waals surface area contributed by atoms with E-state index in [0.29, 0.717) is 18.2 Å². The topological polar surface area (TPSA) is 79.4 Å². The predicted molar refractivity (Wildman–Crippen MR) is 111 cm³/mol. The Morgan fingerprint density at radius 2 is 1.90 bits per heavy atom. The van der Waals surface area contributed by atoms with Crippen LogP contribution in [-0.4, -0.2) is 35.8 Å². The first-order valence-corrected chi connectivity index (χ1v) is 9.17. The molecule has 7 nitrogen and oxygen atoms in total. The second-order valence-corrected chi connectivity index (χ2v) is 6.49. The van der Waals surface area contributed by atoms with E-state index in [-0.39, 0.29) is 17.5 Å². The quantitative estimate of drug-likeness (QED) is 0.593. The van der Waals surface area contributed by atoms with Crippen LogP contribution in [-0.2, 0) is 4.74 Å². The Hall–Kier alpha value is -3.59. The number of hydrogen-bond acceptors (Lipinski definition) is 5. The molecular weight excluding hydrogens is 392 g/mol. The van der Waals surface area contributed by atoms with Gasteiger partial charge in [0, 0.05) is 31.1 Å². The molecule has 2 amide bonds. The third-order valence-electron chi connectivity index (χ3n) is 4.03. The molecule has 2 N–H and O–H groups in total. The molecule has 1 atom stereocenters. The molecule has 0 unspecified atom stereocenters. The molecule has 2 aromatic carbocycles. The third kappa shape index (κ3) is 5.48. The van der Waals surface area contributed by atoms with Crippen LogP contribution in [0.2, 0.25) is 0 Å². The van der Waals surface area contributed by atoms with Crippen LogP contribution in [0.1, 0.15) is 6.92 Å². The van der Waals surface area contributed by atoms with Gasteiger partial charge in [-0.3, -0.25) is 0 Å². The van der Waals surface area contributed by atoms with E-state index < -0.39 is 17.7 Å². The molecule has 156 valence electrons. The molecule has 3 rings (SSSR count). The number of halogens is 2. The number of methoxy groups -OCH3 is 1. The Morgan fingerprint density at radius 1 is 1.13 bits per heavy atom. The van der Waals surface area contributed by atoms with Crippen molar-refractivity contribution in [3.8, 4) is 0 Å². The Bertz CT molecular complexity index is 1000. The standard InChI is InChI=1S/C21H21F2N5O2/c1-14(13-30-2)25-20-24-11-10-19(27-20)28(18-8-6-15(22)7-9-18)21(29)26-17-5-3-4-16(23)12-17/h3-12,14H,13H2,1-2H3,(H,26,29)(H,24,25,27)/t14-/m0/s1. The van der Waals surface area contributed by atoms with Crippen molar-refractivity contribution in [2.24, 2.45) is 0 Å². The fourth-order valence-electron chi connectivity index (χ4n) is 2.74. The summed E-state index contributed by atoms with van der Waals surface area (Å²) >= 11 is 0. The van der Waals surface area contributed by atoms with Crippen LogP contribution < -0.4 is 15.5 Å². The summed E-state index contributed by atoms with van der Waals surface area (Å²) in [5.74, 6) is -0.384. The normalized spacial score (nSPS) is 11.6. The molecule has 3 aromatic rings. The van der Waals surface area contributed by atoms with Crippen molar-refractivity contribution >= 4 is 29.2 Å². The average Bonchev–Trinajstić information content (AvgIpc) is 2.70. The van der Waals surface area contributed by atoms with Gasteiger partial charge >= 0.3 is 6.03 Å². The summed E-state index contributed by atoms with van der Waals surface area (Å²) < 4.78 is 32.0. The molecule has 0 saturated heterocycles. The van der Waals surface area contributed by atoms with Gasteiger partial charge in [-0.15, -0.1) is 0 Å². The minimum Gasteiger partial charge on any atom is -0.383 e. The highest BCUT2D eigenvalue weighted by molar-refractivity contribution is 6.06. The lowest BCUT2D eigenvalue weighted by Gasteiger charge is -2.23. The maximum absolute atomic E-state index is 13.5. The van der Waals surface area contributed by atoms with Crippen molar-refractivity contribution in [1.29, 1.82) is 0 Å². The van der Waals surface area contributed by atoms with E-state index in [1.807, 2.05) is 6.92 Å². The molecule has 0 fully saturated rings. The lowest BCUT2D eigenvalue weighted by molar-refractivity contribution is 0.190. The van der Waals surface area contributed by atoms with Crippen LogP contribution >= 0.6 is 0 Å². The Kier molecular flexibility index (Phi) is 6.87. The number of urea groups is 1. The zero-order valence-electron chi connectivity index (χ0n) is 16.5. The Labute approximate surface area is 172 Å². The van der Waals surface area contributed by atoms with Crippen LogP contribution in [0, 0.1) is 11.6 Å². The number of amides is 2. The highest BCUT2D eigenvalue weighted by Crippen LogP contribution is 2.26. The summed E-state index contributed by atoms with van der Waals surface area (Å²) in [6.45, 7) is 2.34. The Morgan fingerprint density at radius 3 is 2.60 bits per heavy atom. The van der Waals surface area contributed by atoms with Gasteiger partial charge in [0.2, 0.25) is 5.95 Å². The number of nitrogens with one attached hydrogen (secondary N) is 2. The number of benzene rings is 2. The largest absolute Gasteiger partial charge is 0.383 e. The summed E-state index contributed by atoms with van der Waals surface area (Å²) in [4.78, 5) is 22.8. The van der Waals surface area contributed by atoms with Crippen LogP contribution in [0.15, 0.2) is 60.8 Å². The average molecular weight is 413 g/mol. The van der Waals surface area contributed by atoms with E-state index in [1.54, 1.807) is 19.2 Å². The molecule has 0 aliphatic carbocycles. The van der Waals surface area contributed by atoms with Gasteiger partial charge in [0.15, 0.2) is 0 Å². The maximum Gasteiger partial charge on any atom is 0.332 e. The van der Waals surface area contributed by atoms with Crippen LogP contribution in [0.5, 0.6) is 0 Å². The van der Waals surface area contributed by atoms with Gasteiger partial charge in [0.25, 0.3) is 0 Å². The van der Waals surface area contributed by atoms with E-state index >= 15 is 0 Å². The molecule has 1 heterocycles. The Balaban J connectivity index is 1.93. The fraction of sp³-hybridized carbons (Fsp3) is 0.190. The zero-order valence-corrected chi connectivity index (χ0v) is 16.5. The van der Waals surface area contributed by atoms with Crippen molar-refractivity contribution in [2.75, 3.05) is 29.3 Å². The molecule has 9 heteroatoms. The lowest BCUT2D eigenvalue weighted by atomic mass is 10.2. The molecule has 30 heavy (non-hydrogen) atoms. The van der Waals surface area contributed by atoms with Crippen LogP contribution in [0.25, 0.3) is 0 Å². The maximum atomic E-state index is 13.5. The number of hydrogen-bond donors (Lipinski definition) is 2. The number of carbonyl (C=O) groups is 1. The number of ether oxygens (including phenoxy) is 1. The monoisotopic (exact) mass is 413 g/mol. The molecular formula is C21H21F2N5O2. The highest BCUT2D eigenvalue weighted by atomic mass is 19.1. The number of anilines is 4. The summed E-state index contributed by atoms with van der Waals surface area (Å²) in [6.07, 6.45) is 1.50. The smallest absolute Gasteiger partial charge is 0.332 e. The minimum absolute atomic E-state index is 0.0642. The van der Waals surface area contributed by atoms with Gasteiger partial charge in [-0.25, -0.2) is 23.5 Å². The second kappa shape index (κ2) is 9.75. The molecule has 0 radical (unpaired) electrons. The molecule has 1 aromatic heterocycles. The predicted octanol–water partition coefficient (Wildman–Crippen LogP) is 4.57. The van der Waals surface area contributed by atoms with Gasteiger partial charge in [-0.05, 0) is 49.4 Å². The number of carbonyl (C=O) groups excluding carboxylic acids is 1. The fourth-order valence-corrected chi connectivity index (χ4v) is 2.74. The first kappa shape index (κ1) is 21.1. The van der Waals surface area contributed by atoms with Crippen LogP contribution in [0.4, 0.5) is 36.7 Å². The first-order chi connectivity index (χ1) is 14.5. The first-order valence-electron chi connectivity index (χ1n) is 9.17. The van der Waals surface area contributed by atoms with E-state index in [0.717, 1.165) is 0 Å². The lowest BCUT2D eigenvalue weighted by Crippen LogP contribution is -2.32. The van der Waals surface area contributed by atoms with E-state index in [2.05, 4.69) is 20.6 Å². The SMILES string of the molecule is COC[C@H](C)Nc1nccc(N(C(=O)Nc2cccc(F)c2)c2ccc(F)cc2)n1. The summed E-state index contributed by atoms with van der Waals surface area (Å²) in [5.41, 5.74) is 0.646. The number of rotatable bonds is 7. The number of aromatic nitrogens is 2. The van der Waals surface area contributed by atoms with Gasteiger partial charge in [0.05, 0.1) is 12.3 Å². The molecule has 0 aliphatic heterocycles. The van der Waals surface area contributed by atoms with E-state index in [1.165, 1.54) is 53.6 Å². The molecule has 0 aliphatic rings. The molecule has 0 bridgehead atoms. The highest BCUT2D eigenvalue weighted by Gasteiger charge is 2.21. The summed E-state index contributed by atoms with van der Waals surface area (Å²) in [7, 11) is 1.59. The number of nitrogens with zero attached hydrogens (tertiary/aromatic N) is 3. The third-order valence-corrected chi connectivity index (χ3v) is 4.03. The summed E-state index contributed by atoms with van der Waals surface area (Å²) in [5, 5.41) is 5.71. The van der Waals surface area contributed by atoms with Crippen molar-refractivity contribution in [3.05, 3.63) is 72.4 Å². The van der Waals surface area contributed by atoms with Gasteiger partial charge in [-0.2, -0.15) is 4.98 Å². The zero-order chi connectivity index (χ0) is 21.5. The second-order valence-electron chi connectivity index (χ2n) is 6.49. The van der Waals surface area contributed by atoms with Gasteiger partial charge < -0.3 is 15.4 Å². The van der Waals surface area contributed by atoms with Crippen molar-refractivity contribution in [2.45, 2.75) is 13.0 Å². The van der Waals surface area contributed by atoms with Gasteiger partial charge in [0.1, 0.15) is 17.5 Å². The van der Waals surface area contributed by atoms with Crippen LogP contribution in [0.3, 0.4) is 0 Å². The van der Waals surface area contributed by atoms with Gasteiger partial charge in [-0.1, -0.05) is 6.07 Å². The molecule has 0 saturated carbocycles.